The van der Waals surface area contributed by atoms with Gasteiger partial charge in [-0.3, -0.25) is 4.79 Å². The highest BCUT2D eigenvalue weighted by molar-refractivity contribution is 7.10. The lowest BCUT2D eigenvalue weighted by molar-refractivity contribution is -0.117. The number of carbonyl (C=O) groups excluding carboxylic acids is 1. The van der Waals surface area contributed by atoms with Crippen molar-refractivity contribution in [1.29, 1.82) is 0 Å². The average molecular weight is 236 g/mol. The van der Waals surface area contributed by atoms with E-state index in [1.807, 2.05) is 0 Å². The summed E-state index contributed by atoms with van der Waals surface area (Å²) in [6.07, 6.45) is 0.125. The van der Waals surface area contributed by atoms with Gasteiger partial charge in [0.25, 0.3) is 0 Å². The molecule has 0 aliphatic rings. The Balaban J connectivity index is 2.28. The van der Waals surface area contributed by atoms with Crippen LogP contribution in [0.15, 0.2) is 29.6 Å². The van der Waals surface area contributed by atoms with Crippen molar-refractivity contribution in [2.45, 2.75) is 6.42 Å². The molecule has 1 aromatic heterocycles. The normalized spacial score (nSPS) is 10.3. The number of thiazole rings is 1. The summed E-state index contributed by atoms with van der Waals surface area (Å²) in [5.74, 6) is -0.720. The Kier molecular flexibility index (Phi) is 2.96. The van der Waals surface area contributed by atoms with E-state index < -0.39 is 5.91 Å². The first-order valence-corrected chi connectivity index (χ1v) is 5.52. The van der Waals surface area contributed by atoms with E-state index in [0.717, 1.165) is 0 Å². The van der Waals surface area contributed by atoms with Gasteiger partial charge in [-0.2, -0.15) is 0 Å². The van der Waals surface area contributed by atoms with Gasteiger partial charge in [-0.05, 0) is 12.1 Å². The number of primary amides is 1. The maximum Gasteiger partial charge on any atom is 0.224 e. The molecule has 0 atom stereocenters. The number of nitrogens with two attached hydrogens (primary N) is 1. The van der Waals surface area contributed by atoms with Crippen molar-refractivity contribution in [3.8, 4) is 11.3 Å². The number of nitrogens with zero attached hydrogens (tertiary/aromatic N) is 1. The number of benzene rings is 1. The third kappa shape index (κ3) is 2.43. The van der Waals surface area contributed by atoms with Crippen molar-refractivity contribution in [2.75, 3.05) is 0 Å². The summed E-state index contributed by atoms with van der Waals surface area (Å²) in [7, 11) is 0. The van der Waals surface area contributed by atoms with Gasteiger partial charge < -0.3 is 5.73 Å². The van der Waals surface area contributed by atoms with E-state index in [1.54, 1.807) is 17.5 Å². The predicted molar refractivity (Wildman–Crippen MR) is 60.4 cm³/mol. The molecule has 82 valence electrons. The fourth-order valence-corrected chi connectivity index (χ4v) is 2.13. The fourth-order valence-electron chi connectivity index (χ4n) is 1.32. The number of carbonyl (C=O) groups is 1. The Hall–Kier alpha value is -1.75. The number of rotatable bonds is 3. The summed E-state index contributed by atoms with van der Waals surface area (Å²) in [6.45, 7) is 0. The Morgan fingerprint density at radius 2 is 2.31 bits per heavy atom. The summed E-state index contributed by atoms with van der Waals surface area (Å²) in [6, 6.07) is 6.17. The van der Waals surface area contributed by atoms with E-state index in [0.29, 0.717) is 16.3 Å². The van der Waals surface area contributed by atoms with Gasteiger partial charge in [-0.1, -0.05) is 12.1 Å². The fraction of sp³-hybridized carbons (Fsp3) is 0.0909. The van der Waals surface area contributed by atoms with Crippen LogP contribution in [0.1, 0.15) is 5.01 Å². The molecule has 2 N–H and O–H groups in total. The molecule has 1 heterocycles. The minimum atomic E-state index is -0.417. The Morgan fingerprint density at radius 3 is 3.00 bits per heavy atom. The number of hydrogen-bond donors (Lipinski definition) is 1. The van der Waals surface area contributed by atoms with Crippen LogP contribution in [0.25, 0.3) is 11.3 Å². The lowest BCUT2D eigenvalue weighted by Crippen LogP contribution is -2.13. The third-order valence-corrected chi connectivity index (χ3v) is 2.85. The molecule has 0 unspecified atom stereocenters. The second kappa shape index (κ2) is 4.40. The standard InChI is InChI=1S/C11H9FN2OS/c12-8-3-1-2-7(4-8)9-6-16-11(14-9)5-10(13)15/h1-4,6H,5H2,(H2,13,15). The van der Waals surface area contributed by atoms with Crippen molar-refractivity contribution in [2.24, 2.45) is 5.73 Å². The van der Waals surface area contributed by atoms with E-state index in [9.17, 15) is 9.18 Å². The molecule has 0 saturated carbocycles. The van der Waals surface area contributed by atoms with Crippen LogP contribution in [0.5, 0.6) is 0 Å². The first-order chi connectivity index (χ1) is 7.65. The van der Waals surface area contributed by atoms with E-state index in [-0.39, 0.29) is 12.2 Å². The molecule has 5 heteroatoms. The van der Waals surface area contributed by atoms with Crippen LogP contribution in [0.2, 0.25) is 0 Å². The molecule has 2 rings (SSSR count). The van der Waals surface area contributed by atoms with Gasteiger partial charge in [0.2, 0.25) is 5.91 Å². The summed E-state index contributed by atoms with van der Waals surface area (Å²) in [4.78, 5) is 14.9. The Labute approximate surface area is 95.7 Å². The molecule has 0 aliphatic heterocycles. The molecule has 0 radical (unpaired) electrons. The smallest absolute Gasteiger partial charge is 0.224 e. The van der Waals surface area contributed by atoms with Crippen LogP contribution < -0.4 is 5.73 Å². The number of hydrogen-bond acceptors (Lipinski definition) is 3. The zero-order valence-electron chi connectivity index (χ0n) is 8.31. The highest BCUT2D eigenvalue weighted by atomic mass is 32.1. The van der Waals surface area contributed by atoms with Crippen molar-refractivity contribution >= 4 is 17.2 Å². The van der Waals surface area contributed by atoms with E-state index in [2.05, 4.69) is 4.98 Å². The summed E-state index contributed by atoms with van der Waals surface area (Å²) in [5.41, 5.74) is 6.43. The molecule has 1 amide bonds. The molecule has 0 saturated heterocycles. The van der Waals surface area contributed by atoms with Crippen LogP contribution >= 0.6 is 11.3 Å². The van der Waals surface area contributed by atoms with Crippen molar-refractivity contribution < 1.29 is 9.18 Å². The first kappa shape index (κ1) is 10.8. The van der Waals surface area contributed by atoms with E-state index in [4.69, 9.17) is 5.73 Å². The summed E-state index contributed by atoms with van der Waals surface area (Å²) < 4.78 is 13.0. The van der Waals surface area contributed by atoms with Gasteiger partial charge in [0.15, 0.2) is 0 Å². The van der Waals surface area contributed by atoms with Crippen LogP contribution in [-0.4, -0.2) is 10.9 Å². The number of halogens is 1. The largest absolute Gasteiger partial charge is 0.369 e. The zero-order valence-corrected chi connectivity index (χ0v) is 9.13. The monoisotopic (exact) mass is 236 g/mol. The van der Waals surface area contributed by atoms with Crippen molar-refractivity contribution in [3.05, 3.63) is 40.5 Å². The second-order valence-corrected chi connectivity index (χ2v) is 4.22. The molecule has 0 bridgehead atoms. The average Bonchev–Trinajstić information content (AvgIpc) is 2.65. The topological polar surface area (TPSA) is 56.0 Å². The third-order valence-electron chi connectivity index (χ3n) is 2.00. The molecule has 1 aromatic carbocycles. The SMILES string of the molecule is NC(=O)Cc1nc(-c2cccc(F)c2)cs1. The highest BCUT2D eigenvalue weighted by Gasteiger charge is 2.07. The van der Waals surface area contributed by atoms with Crippen LogP contribution in [0.3, 0.4) is 0 Å². The molecule has 0 aliphatic carbocycles. The van der Waals surface area contributed by atoms with Gasteiger partial charge in [-0.15, -0.1) is 11.3 Å². The zero-order chi connectivity index (χ0) is 11.5. The Morgan fingerprint density at radius 1 is 1.50 bits per heavy atom. The van der Waals surface area contributed by atoms with E-state index >= 15 is 0 Å². The highest BCUT2D eigenvalue weighted by Crippen LogP contribution is 2.22. The number of amides is 1. The second-order valence-electron chi connectivity index (χ2n) is 3.28. The van der Waals surface area contributed by atoms with Gasteiger partial charge >= 0.3 is 0 Å². The minimum Gasteiger partial charge on any atom is -0.369 e. The van der Waals surface area contributed by atoms with Crippen molar-refractivity contribution in [1.82, 2.24) is 4.98 Å². The lowest BCUT2D eigenvalue weighted by atomic mass is 10.2. The maximum atomic E-state index is 13.0. The van der Waals surface area contributed by atoms with Crippen molar-refractivity contribution in [3.63, 3.8) is 0 Å². The lowest BCUT2D eigenvalue weighted by Gasteiger charge is -1.95. The molecule has 16 heavy (non-hydrogen) atoms. The van der Waals surface area contributed by atoms with Gasteiger partial charge in [0.1, 0.15) is 10.8 Å². The van der Waals surface area contributed by atoms with E-state index in [1.165, 1.54) is 23.5 Å². The predicted octanol–water partition coefficient (Wildman–Crippen LogP) is 1.98. The quantitative estimate of drug-likeness (QED) is 0.885. The first-order valence-electron chi connectivity index (χ1n) is 4.64. The minimum absolute atomic E-state index is 0.125. The number of aromatic nitrogens is 1. The molecule has 3 nitrogen and oxygen atoms in total. The van der Waals surface area contributed by atoms with Gasteiger partial charge in [0.05, 0.1) is 12.1 Å². The molecule has 0 spiro atoms. The van der Waals surface area contributed by atoms with Crippen LogP contribution in [0, 0.1) is 5.82 Å². The maximum absolute atomic E-state index is 13.0. The Bertz CT molecular complexity index is 524. The summed E-state index contributed by atoms with van der Waals surface area (Å²) in [5, 5.41) is 2.43. The van der Waals surface area contributed by atoms with Gasteiger partial charge in [0, 0.05) is 10.9 Å². The molecular formula is C11H9FN2OS. The molecule has 2 aromatic rings. The molecular weight excluding hydrogens is 227 g/mol. The van der Waals surface area contributed by atoms with Crippen LogP contribution in [-0.2, 0) is 11.2 Å². The summed E-state index contributed by atoms with van der Waals surface area (Å²) >= 11 is 1.34. The van der Waals surface area contributed by atoms with Gasteiger partial charge in [-0.25, -0.2) is 9.37 Å². The van der Waals surface area contributed by atoms with Crippen LogP contribution in [0.4, 0.5) is 4.39 Å². The molecule has 0 fully saturated rings.